The van der Waals surface area contributed by atoms with E-state index in [0.29, 0.717) is 19.0 Å². The van der Waals surface area contributed by atoms with Crippen molar-refractivity contribution in [1.82, 2.24) is 25.5 Å². The summed E-state index contributed by atoms with van der Waals surface area (Å²) in [6.45, 7) is 8.80. The molecule has 0 radical (unpaired) electrons. The fourth-order valence-corrected chi connectivity index (χ4v) is 1.89. The molecule has 1 heterocycles. The number of benzene rings is 1. The molecular formula is C14H21N5. The Morgan fingerprint density at radius 1 is 1.21 bits per heavy atom. The summed E-state index contributed by atoms with van der Waals surface area (Å²) < 4.78 is 1.84. The Kier molecular flexibility index (Phi) is 4.63. The van der Waals surface area contributed by atoms with Gasteiger partial charge in [0.1, 0.15) is 0 Å². The second-order valence-electron chi connectivity index (χ2n) is 4.93. The summed E-state index contributed by atoms with van der Waals surface area (Å²) in [5, 5.41) is 15.0. The monoisotopic (exact) mass is 259 g/mol. The number of hydrogen-bond acceptors (Lipinski definition) is 4. The third kappa shape index (κ3) is 3.61. The predicted octanol–water partition coefficient (Wildman–Crippen LogP) is 1.95. The molecule has 0 amide bonds. The molecule has 0 bridgehead atoms. The van der Waals surface area contributed by atoms with Crippen LogP contribution in [0, 0.1) is 0 Å². The SMILES string of the molecule is CCNCc1nnnn1Cc1ccc(C(C)C)cc1. The van der Waals surface area contributed by atoms with Gasteiger partial charge in [0.25, 0.3) is 0 Å². The molecule has 0 atom stereocenters. The number of tetrazole rings is 1. The minimum atomic E-state index is 0.561. The van der Waals surface area contributed by atoms with Gasteiger partial charge in [-0.3, -0.25) is 0 Å². The molecule has 0 fully saturated rings. The highest BCUT2D eigenvalue weighted by atomic mass is 15.5. The van der Waals surface area contributed by atoms with Gasteiger partial charge in [-0.1, -0.05) is 45.0 Å². The summed E-state index contributed by atoms with van der Waals surface area (Å²) in [6.07, 6.45) is 0. The van der Waals surface area contributed by atoms with E-state index >= 15 is 0 Å². The molecule has 19 heavy (non-hydrogen) atoms. The van der Waals surface area contributed by atoms with Crippen molar-refractivity contribution < 1.29 is 0 Å². The normalized spacial score (nSPS) is 11.2. The Morgan fingerprint density at radius 2 is 1.95 bits per heavy atom. The van der Waals surface area contributed by atoms with E-state index < -0.39 is 0 Å². The van der Waals surface area contributed by atoms with E-state index in [1.54, 1.807) is 0 Å². The first-order chi connectivity index (χ1) is 9.20. The van der Waals surface area contributed by atoms with Crippen LogP contribution in [-0.2, 0) is 13.1 Å². The molecule has 0 aliphatic rings. The maximum absolute atomic E-state index is 4.04. The smallest absolute Gasteiger partial charge is 0.165 e. The lowest BCUT2D eigenvalue weighted by molar-refractivity contribution is 0.587. The Morgan fingerprint density at radius 3 is 2.58 bits per heavy atom. The van der Waals surface area contributed by atoms with Crippen LogP contribution in [0.5, 0.6) is 0 Å². The average Bonchev–Trinajstić information content (AvgIpc) is 2.84. The number of nitrogens with zero attached hydrogens (tertiary/aromatic N) is 4. The van der Waals surface area contributed by atoms with Crippen LogP contribution in [0.1, 0.15) is 43.6 Å². The van der Waals surface area contributed by atoms with Crippen LogP contribution in [0.25, 0.3) is 0 Å². The summed E-state index contributed by atoms with van der Waals surface area (Å²) in [6, 6.07) is 8.64. The van der Waals surface area contributed by atoms with E-state index in [0.717, 1.165) is 12.4 Å². The minimum absolute atomic E-state index is 0.561. The van der Waals surface area contributed by atoms with E-state index in [-0.39, 0.29) is 0 Å². The van der Waals surface area contributed by atoms with Crippen molar-refractivity contribution in [1.29, 1.82) is 0 Å². The lowest BCUT2D eigenvalue weighted by atomic mass is 10.0. The zero-order valence-corrected chi connectivity index (χ0v) is 11.8. The third-order valence-electron chi connectivity index (χ3n) is 3.12. The molecule has 0 saturated carbocycles. The van der Waals surface area contributed by atoms with E-state index in [1.807, 2.05) is 4.68 Å². The van der Waals surface area contributed by atoms with Gasteiger partial charge in [-0.25, -0.2) is 4.68 Å². The highest BCUT2D eigenvalue weighted by Crippen LogP contribution is 2.15. The summed E-state index contributed by atoms with van der Waals surface area (Å²) in [7, 11) is 0. The van der Waals surface area contributed by atoms with Crippen molar-refractivity contribution in [2.45, 2.75) is 39.8 Å². The van der Waals surface area contributed by atoms with Gasteiger partial charge >= 0.3 is 0 Å². The lowest BCUT2D eigenvalue weighted by Crippen LogP contribution is -2.17. The Bertz CT molecular complexity index is 501. The highest BCUT2D eigenvalue weighted by Gasteiger charge is 2.06. The van der Waals surface area contributed by atoms with Gasteiger partial charge in [0, 0.05) is 0 Å². The predicted molar refractivity (Wildman–Crippen MR) is 74.8 cm³/mol. The zero-order chi connectivity index (χ0) is 13.7. The summed E-state index contributed by atoms with van der Waals surface area (Å²) in [4.78, 5) is 0. The van der Waals surface area contributed by atoms with Crippen LogP contribution in [-0.4, -0.2) is 26.8 Å². The minimum Gasteiger partial charge on any atom is -0.310 e. The van der Waals surface area contributed by atoms with Crippen LogP contribution in [0.3, 0.4) is 0 Å². The topological polar surface area (TPSA) is 55.6 Å². The lowest BCUT2D eigenvalue weighted by Gasteiger charge is -2.08. The molecule has 1 N–H and O–H groups in total. The molecule has 1 aromatic carbocycles. The number of hydrogen-bond donors (Lipinski definition) is 1. The van der Waals surface area contributed by atoms with Gasteiger partial charge in [0.15, 0.2) is 5.82 Å². The maximum atomic E-state index is 4.04. The van der Waals surface area contributed by atoms with E-state index in [4.69, 9.17) is 0 Å². The molecule has 0 saturated heterocycles. The van der Waals surface area contributed by atoms with E-state index in [9.17, 15) is 0 Å². The van der Waals surface area contributed by atoms with Gasteiger partial charge in [-0.15, -0.1) is 5.10 Å². The van der Waals surface area contributed by atoms with E-state index in [1.165, 1.54) is 11.1 Å². The Balaban J connectivity index is 2.06. The second kappa shape index (κ2) is 6.43. The van der Waals surface area contributed by atoms with Crippen LogP contribution >= 0.6 is 0 Å². The first-order valence-electron chi connectivity index (χ1n) is 6.75. The number of nitrogens with one attached hydrogen (secondary N) is 1. The molecule has 0 aliphatic carbocycles. The largest absolute Gasteiger partial charge is 0.310 e. The fourth-order valence-electron chi connectivity index (χ4n) is 1.89. The molecule has 5 nitrogen and oxygen atoms in total. The first kappa shape index (κ1) is 13.7. The van der Waals surface area contributed by atoms with Gasteiger partial charge in [-0.2, -0.15) is 0 Å². The van der Waals surface area contributed by atoms with Crippen molar-refractivity contribution in [3.8, 4) is 0 Å². The van der Waals surface area contributed by atoms with Gasteiger partial charge in [0.2, 0.25) is 0 Å². The number of aromatic nitrogens is 4. The van der Waals surface area contributed by atoms with Crippen molar-refractivity contribution >= 4 is 0 Å². The van der Waals surface area contributed by atoms with Crippen LogP contribution in [0.15, 0.2) is 24.3 Å². The quantitative estimate of drug-likeness (QED) is 0.861. The molecule has 0 aliphatic heterocycles. The molecule has 1 aromatic heterocycles. The van der Waals surface area contributed by atoms with Crippen molar-refractivity contribution in [2.75, 3.05) is 6.54 Å². The first-order valence-corrected chi connectivity index (χ1v) is 6.75. The fraction of sp³-hybridized carbons (Fsp3) is 0.500. The second-order valence-corrected chi connectivity index (χ2v) is 4.93. The molecule has 5 heteroatoms. The Labute approximate surface area is 114 Å². The third-order valence-corrected chi connectivity index (χ3v) is 3.12. The molecule has 2 aromatic rings. The van der Waals surface area contributed by atoms with Gasteiger partial charge in [0.05, 0.1) is 13.1 Å². The van der Waals surface area contributed by atoms with E-state index in [2.05, 4.69) is 65.9 Å². The molecule has 0 spiro atoms. The van der Waals surface area contributed by atoms with Crippen molar-refractivity contribution in [3.05, 3.63) is 41.2 Å². The molecule has 0 unspecified atom stereocenters. The molecule has 102 valence electrons. The zero-order valence-electron chi connectivity index (χ0n) is 11.8. The van der Waals surface area contributed by atoms with Crippen molar-refractivity contribution in [3.63, 3.8) is 0 Å². The van der Waals surface area contributed by atoms with Gasteiger partial charge in [-0.05, 0) is 34.0 Å². The maximum Gasteiger partial charge on any atom is 0.165 e. The average molecular weight is 259 g/mol. The molecular weight excluding hydrogens is 238 g/mol. The van der Waals surface area contributed by atoms with Crippen LogP contribution in [0.4, 0.5) is 0 Å². The van der Waals surface area contributed by atoms with Crippen LogP contribution < -0.4 is 5.32 Å². The molecule has 2 rings (SSSR count). The summed E-state index contributed by atoms with van der Waals surface area (Å²) in [5.41, 5.74) is 2.57. The van der Waals surface area contributed by atoms with Gasteiger partial charge < -0.3 is 5.32 Å². The summed E-state index contributed by atoms with van der Waals surface area (Å²) >= 11 is 0. The Hall–Kier alpha value is -1.75. The standard InChI is InChI=1S/C14H21N5/c1-4-15-9-14-16-17-18-19(14)10-12-5-7-13(8-6-12)11(2)3/h5-8,11,15H,4,9-10H2,1-3H3. The number of rotatable bonds is 6. The summed E-state index contributed by atoms with van der Waals surface area (Å²) in [5.74, 6) is 1.43. The highest BCUT2D eigenvalue weighted by molar-refractivity contribution is 5.24. The van der Waals surface area contributed by atoms with Crippen LogP contribution in [0.2, 0.25) is 0 Å². The van der Waals surface area contributed by atoms with Crippen molar-refractivity contribution in [2.24, 2.45) is 0 Å².